The SMILES string of the molecule is COc1ccc(CN2C(=O)C(=O)/C(=C(\O)c3ccc(F)cc3)C2c2ccc(OC(C)C)cc2)cc1. The summed E-state index contributed by atoms with van der Waals surface area (Å²) in [5.74, 6) is -1.03. The molecule has 0 radical (unpaired) electrons. The zero-order valence-corrected chi connectivity index (χ0v) is 19.7. The number of carbonyl (C=O) groups is 2. The van der Waals surface area contributed by atoms with Gasteiger partial charge in [-0.15, -0.1) is 0 Å². The summed E-state index contributed by atoms with van der Waals surface area (Å²) in [7, 11) is 1.57. The average Bonchev–Trinajstić information content (AvgIpc) is 3.09. The predicted molar refractivity (Wildman–Crippen MR) is 129 cm³/mol. The minimum atomic E-state index is -0.838. The Morgan fingerprint density at radius 3 is 2.11 bits per heavy atom. The molecular weight excluding hydrogens is 449 g/mol. The zero-order valence-electron chi connectivity index (χ0n) is 19.7. The van der Waals surface area contributed by atoms with Crippen molar-refractivity contribution in [1.82, 2.24) is 4.90 Å². The lowest BCUT2D eigenvalue weighted by Crippen LogP contribution is -2.29. The lowest BCUT2D eigenvalue weighted by molar-refractivity contribution is -0.140. The Morgan fingerprint density at radius 2 is 1.54 bits per heavy atom. The third-order valence-corrected chi connectivity index (χ3v) is 5.74. The van der Waals surface area contributed by atoms with Gasteiger partial charge in [0.2, 0.25) is 0 Å². The van der Waals surface area contributed by atoms with Crippen LogP contribution in [0, 0.1) is 5.82 Å². The molecule has 3 aromatic carbocycles. The molecule has 6 nitrogen and oxygen atoms in total. The van der Waals surface area contributed by atoms with E-state index in [4.69, 9.17) is 9.47 Å². The number of Topliss-reactive ketones (excluding diaryl/α,β-unsaturated/α-hetero) is 1. The number of aliphatic hydroxyl groups excluding tert-OH is 1. The van der Waals surface area contributed by atoms with Gasteiger partial charge in [-0.1, -0.05) is 24.3 Å². The Kier molecular flexibility index (Phi) is 6.87. The topological polar surface area (TPSA) is 76.1 Å². The number of methoxy groups -OCH3 is 1. The number of rotatable bonds is 7. The number of hydrogen-bond donors (Lipinski definition) is 1. The van der Waals surface area contributed by atoms with Crippen LogP contribution in [-0.2, 0) is 16.1 Å². The summed E-state index contributed by atoms with van der Waals surface area (Å²) < 4.78 is 24.4. The van der Waals surface area contributed by atoms with E-state index in [1.54, 1.807) is 43.5 Å². The second-order valence-electron chi connectivity index (χ2n) is 8.52. The summed E-state index contributed by atoms with van der Waals surface area (Å²) >= 11 is 0. The maximum Gasteiger partial charge on any atom is 0.295 e. The fourth-order valence-corrected chi connectivity index (χ4v) is 4.08. The van der Waals surface area contributed by atoms with E-state index in [-0.39, 0.29) is 29.5 Å². The Hall–Kier alpha value is -4.13. The van der Waals surface area contributed by atoms with E-state index in [1.807, 2.05) is 26.0 Å². The largest absolute Gasteiger partial charge is 0.507 e. The molecule has 0 aromatic heterocycles. The van der Waals surface area contributed by atoms with Gasteiger partial charge >= 0.3 is 0 Å². The number of aliphatic hydroxyl groups is 1. The smallest absolute Gasteiger partial charge is 0.295 e. The predicted octanol–water partition coefficient (Wildman–Crippen LogP) is 5.24. The highest BCUT2D eigenvalue weighted by molar-refractivity contribution is 6.46. The summed E-state index contributed by atoms with van der Waals surface area (Å²) in [4.78, 5) is 27.7. The number of hydrogen-bond acceptors (Lipinski definition) is 5. The van der Waals surface area contributed by atoms with Gasteiger partial charge < -0.3 is 19.5 Å². The van der Waals surface area contributed by atoms with Crippen LogP contribution in [-0.4, -0.2) is 34.9 Å². The minimum Gasteiger partial charge on any atom is -0.507 e. The Balaban J connectivity index is 1.79. The maximum absolute atomic E-state index is 13.4. The third-order valence-electron chi connectivity index (χ3n) is 5.74. The molecule has 1 aliphatic heterocycles. The second kappa shape index (κ2) is 10.0. The third kappa shape index (κ3) is 5.04. The van der Waals surface area contributed by atoms with Gasteiger partial charge in [0, 0.05) is 12.1 Å². The molecule has 0 aliphatic carbocycles. The van der Waals surface area contributed by atoms with Crippen molar-refractivity contribution in [2.45, 2.75) is 32.5 Å². The molecule has 1 atom stereocenters. The highest BCUT2D eigenvalue weighted by atomic mass is 19.1. The summed E-state index contributed by atoms with van der Waals surface area (Å²) in [5, 5.41) is 11.1. The lowest BCUT2D eigenvalue weighted by Gasteiger charge is -2.26. The molecule has 1 heterocycles. The van der Waals surface area contributed by atoms with Gasteiger partial charge in [0.15, 0.2) is 0 Å². The number of ether oxygens (including phenoxy) is 2. The molecule has 1 N–H and O–H groups in total. The van der Waals surface area contributed by atoms with Crippen LogP contribution < -0.4 is 9.47 Å². The van der Waals surface area contributed by atoms with Crippen molar-refractivity contribution in [2.24, 2.45) is 0 Å². The van der Waals surface area contributed by atoms with Crippen LogP contribution in [0.15, 0.2) is 78.4 Å². The minimum absolute atomic E-state index is 0.0139. The van der Waals surface area contributed by atoms with Crippen LogP contribution in [0.2, 0.25) is 0 Å². The first-order chi connectivity index (χ1) is 16.8. The van der Waals surface area contributed by atoms with Crippen LogP contribution in [0.5, 0.6) is 11.5 Å². The molecule has 3 aromatic rings. The van der Waals surface area contributed by atoms with Crippen molar-refractivity contribution >= 4 is 17.4 Å². The van der Waals surface area contributed by atoms with Crippen molar-refractivity contribution < 1.29 is 28.6 Å². The van der Waals surface area contributed by atoms with Crippen molar-refractivity contribution in [3.8, 4) is 11.5 Å². The van der Waals surface area contributed by atoms with Crippen LogP contribution >= 0.6 is 0 Å². The van der Waals surface area contributed by atoms with Gasteiger partial charge in [0.05, 0.1) is 24.8 Å². The molecule has 1 amide bonds. The van der Waals surface area contributed by atoms with Crippen LogP contribution in [0.3, 0.4) is 0 Å². The van der Waals surface area contributed by atoms with Crippen molar-refractivity contribution in [2.75, 3.05) is 7.11 Å². The standard InChI is InChI=1S/C28H26FNO5/c1-17(2)35-23-14-8-19(9-15-23)25-24(26(31)20-6-10-21(29)11-7-20)27(32)28(33)30(25)16-18-4-12-22(34-3)13-5-18/h4-15,17,25,31H,16H2,1-3H3/b26-24-. The molecule has 1 fully saturated rings. The van der Waals surface area contributed by atoms with Gasteiger partial charge in [-0.05, 0) is 73.5 Å². The summed E-state index contributed by atoms with van der Waals surface area (Å²) in [6.07, 6.45) is -0.0139. The fraction of sp³-hybridized carbons (Fsp3) is 0.214. The molecule has 7 heteroatoms. The number of amides is 1. The van der Waals surface area contributed by atoms with Crippen LogP contribution in [0.4, 0.5) is 4.39 Å². The van der Waals surface area contributed by atoms with Crippen molar-refractivity contribution in [3.63, 3.8) is 0 Å². The Labute approximate surface area is 203 Å². The van der Waals surface area contributed by atoms with E-state index >= 15 is 0 Å². The summed E-state index contributed by atoms with van der Waals surface area (Å²) in [5.41, 5.74) is 1.63. The highest BCUT2D eigenvalue weighted by Gasteiger charge is 2.46. The van der Waals surface area contributed by atoms with E-state index in [0.717, 1.165) is 5.56 Å². The highest BCUT2D eigenvalue weighted by Crippen LogP contribution is 2.40. The number of halogens is 1. The number of nitrogens with zero attached hydrogens (tertiary/aromatic N) is 1. The molecule has 0 spiro atoms. The van der Waals surface area contributed by atoms with Gasteiger partial charge in [-0.2, -0.15) is 0 Å². The molecule has 0 saturated carbocycles. The first-order valence-corrected chi connectivity index (χ1v) is 11.2. The van der Waals surface area contributed by atoms with Crippen LogP contribution in [0.25, 0.3) is 5.76 Å². The molecule has 1 aliphatic rings. The monoisotopic (exact) mass is 475 g/mol. The molecule has 1 unspecified atom stereocenters. The molecule has 180 valence electrons. The molecule has 0 bridgehead atoms. The van der Waals surface area contributed by atoms with Crippen molar-refractivity contribution in [1.29, 1.82) is 0 Å². The number of ketones is 1. The van der Waals surface area contributed by atoms with E-state index in [9.17, 15) is 19.1 Å². The lowest BCUT2D eigenvalue weighted by atomic mass is 9.95. The van der Waals surface area contributed by atoms with Gasteiger partial charge in [0.1, 0.15) is 23.1 Å². The quantitative estimate of drug-likeness (QED) is 0.287. The van der Waals surface area contributed by atoms with Gasteiger partial charge in [0.25, 0.3) is 11.7 Å². The fourth-order valence-electron chi connectivity index (χ4n) is 4.08. The molecule has 1 saturated heterocycles. The van der Waals surface area contributed by atoms with Gasteiger partial charge in [-0.25, -0.2) is 4.39 Å². The summed E-state index contributed by atoms with van der Waals surface area (Å²) in [6, 6.07) is 18.5. The van der Waals surface area contributed by atoms with E-state index in [1.165, 1.54) is 29.2 Å². The van der Waals surface area contributed by atoms with Crippen molar-refractivity contribution in [3.05, 3.63) is 101 Å². The van der Waals surface area contributed by atoms with Gasteiger partial charge in [-0.3, -0.25) is 9.59 Å². The summed E-state index contributed by atoms with van der Waals surface area (Å²) in [6.45, 7) is 3.98. The van der Waals surface area contributed by atoms with E-state index in [0.29, 0.717) is 17.1 Å². The normalized spacial score (nSPS) is 17.2. The first-order valence-electron chi connectivity index (χ1n) is 11.2. The molecule has 35 heavy (non-hydrogen) atoms. The van der Waals surface area contributed by atoms with E-state index < -0.39 is 23.5 Å². The first kappa shape index (κ1) is 24.0. The molecule has 4 rings (SSSR count). The second-order valence-corrected chi connectivity index (χ2v) is 8.52. The molecular formula is C28H26FNO5. The number of benzene rings is 3. The Morgan fingerprint density at radius 1 is 0.943 bits per heavy atom. The number of likely N-dealkylation sites (tertiary alicyclic amines) is 1. The Bertz CT molecular complexity index is 1250. The average molecular weight is 476 g/mol. The maximum atomic E-state index is 13.4. The van der Waals surface area contributed by atoms with E-state index in [2.05, 4.69) is 0 Å². The zero-order chi connectivity index (χ0) is 25.1. The van der Waals surface area contributed by atoms with Crippen LogP contribution in [0.1, 0.15) is 36.6 Å². The number of carbonyl (C=O) groups excluding carboxylic acids is 2.